The number of carbonyl (C=O) groups excluding carboxylic acids is 1. The standard InChI is InChI=1S/C14H22N2O4S/c1-5-6-10(2)16-14(17)11-7-8-12(20-4)13(9-11)21(18,19)15-3/h7-10,15H,5-6H2,1-4H3,(H,16,17)/t10-/m0/s1. The van der Waals surface area contributed by atoms with E-state index in [9.17, 15) is 13.2 Å². The first-order chi connectivity index (χ1) is 9.85. The first kappa shape index (κ1) is 17.5. The van der Waals surface area contributed by atoms with Crippen molar-refractivity contribution in [3.63, 3.8) is 0 Å². The second-order valence-corrected chi connectivity index (χ2v) is 6.59. The highest BCUT2D eigenvalue weighted by Crippen LogP contribution is 2.24. The van der Waals surface area contributed by atoms with Crippen LogP contribution < -0.4 is 14.8 Å². The van der Waals surface area contributed by atoms with Crippen LogP contribution in [0.15, 0.2) is 23.1 Å². The Morgan fingerprint density at radius 2 is 2.05 bits per heavy atom. The lowest BCUT2D eigenvalue weighted by Crippen LogP contribution is -2.32. The molecule has 1 atom stereocenters. The van der Waals surface area contributed by atoms with E-state index in [1.807, 2.05) is 13.8 Å². The molecule has 0 bridgehead atoms. The van der Waals surface area contributed by atoms with Crippen LogP contribution in [0.5, 0.6) is 5.75 Å². The van der Waals surface area contributed by atoms with Crippen LogP contribution in [0.3, 0.4) is 0 Å². The number of methoxy groups -OCH3 is 1. The van der Waals surface area contributed by atoms with Crippen molar-refractivity contribution in [1.29, 1.82) is 0 Å². The van der Waals surface area contributed by atoms with Gasteiger partial charge in [0, 0.05) is 11.6 Å². The molecular weight excluding hydrogens is 292 g/mol. The molecule has 0 radical (unpaired) electrons. The fourth-order valence-electron chi connectivity index (χ4n) is 1.95. The number of rotatable bonds is 7. The molecule has 118 valence electrons. The van der Waals surface area contributed by atoms with Crippen molar-refractivity contribution >= 4 is 15.9 Å². The van der Waals surface area contributed by atoms with Crippen LogP contribution >= 0.6 is 0 Å². The topological polar surface area (TPSA) is 84.5 Å². The number of hydrogen-bond acceptors (Lipinski definition) is 4. The zero-order valence-electron chi connectivity index (χ0n) is 12.8. The first-order valence-corrected chi connectivity index (χ1v) is 8.26. The lowest BCUT2D eigenvalue weighted by molar-refractivity contribution is 0.0938. The van der Waals surface area contributed by atoms with E-state index >= 15 is 0 Å². The van der Waals surface area contributed by atoms with Crippen LogP contribution in [0.2, 0.25) is 0 Å². The van der Waals surface area contributed by atoms with E-state index in [1.54, 1.807) is 6.07 Å². The van der Waals surface area contributed by atoms with Gasteiger partial charge >= 0.3 is 0 Å². The molecule has 0 aliphatic rings. The molecule has 7 heteroatoms. The molecule has 2 N–H and O–H groups in total. The Morgan fingerprint density at radius 3 is 2.57 bits per heavy atom. The summed E-state index contributed by atoms with van der Waals surface area (Å²) in [5, 5.41) is 2.84. The summed E-state index contributed by atoms with van der Waals surface area (Å²) in [6, 6.07) is 4.37. The minimum Gasteiger partial charge on any atom is -0.495 e. The van der Waals surface area contributed by atoms with Gasteiger partial charge in [0.05, 0.1) is 7.11 Å². The van der Waals surface area contributed by atoms with Gasteiger partial charge in [-0.25, -0.2) is 13.1 Å². The molecule has 1 rings (SSSR count). The maximum absolute atomic E-state index is 12.1. The highest BCUT2D eigenvalue weighted by atomic mass is 32.2. The van der Waals surface area contributed by atoms with Crippen molar-refractivity contribution in [2.24, 2.45) is 0 Å². The Kier molecular flexibility index (Phi) is 6.17. The van der Waals surface area contributed by atoms with Crippen LogP contribution in [0.25, 0.3) is 0 Å². The predicted octanol–water partition coefficient (Wildman–Crippen LogP) is 1.52. The molecule has 1 aromatic carbocycles. The molecule has 0 spiro atoms. The summed E-state index contributed by atoms with van der Waals surface area (Å²) in [6.45, 7) is 3.95. The van der Waals surface area contributed by atoms with Gasteiger partial charge in [0.2, 0.25) is 10.0 Å². The van der Waals surface area contributed by atoms with Crippen molar-refractivity contribution in [2.45, 2.75) is 37.6 Å². The summed E-state index contributed by atoms with van der Waals surface area (Å²) in [4.78, 5) is 12.1. The minimum atomic E-state index is -3.69. The molecule has 1 amide bonds. The number of nitrogens with one attached hydrogen (secondary N) is 2. The normalized spacial score (nSPS) is 12.8. The van der Waals surface area contributed by atoms with Gasteiger partial charge in [-0.2, -0.15) is 0 Å². The summed E-state index contributed by atoms with van der Waals surface area (Å²) >= 11 is 0. The SMILES string of the molecule is CCC[C@H](C)NC(=O)c1ccc(OC)c(S(=O)(=O)NC)c1. The zero-order valence-corrected chi connectivity index (χ0v) is 13.6. The Balaban J connectivity index is 3.11. The number of amides is 1. The maximum atomic E-state index is 12.1. The van der Waals surface area contributed by atoms with E-state index in [1.165, 1.54) is 26.3 Å². The Bertz CT molecular complexity index is 599. The third-order valence-electron chi connectivity index (χ3n) is 3.08. The number of hydrogen-bond donors (Lipinski definition) is 2. The van der Waals surface area contributed by atoms with Gasteiger partial charge in [-0.3, -0.25) is 4.79 Å². The smallest absolute Gasteiger partial charge is 0.251 e. The fraction of sp³-hybridized carbons (Fsp3) is 0.500. The molecule has 21 heavy (non-hydrogen) atoms. The van der Waals surface area contributed by atoms with E-state index in [2.05, 4.69) is 10.0 Å². The second-order valence-electron chi connectivity index (χ2n) is 4.74. The van der Waals surface area contributed by atoms with Crippen molar-refractivity contribution < 1.29 is 17.9 Å². The van der Waals surface area contributed by atoms with Gasteiger partial charge in [-0.05, 0) is 38.6 Å². The number of carbonyl (C=O) groups is 1. The van der Waals surface area contributed by atoms with Crippen molar-refractivity contribution in [2.75, 3.05) is 14.2 Å². The van der Waals surface area contributed by atoms with Gasteiger partial charge in [0.15, 0.2) is 0 Å². The van der Waals surface area contributed by atoms with Crippen LogP contribution in [-0.4, -0.2) is 34.5 Å². The molecule has 0 unspecified atom stereocenters. The molecule has 0 aromatic heterocycles. The van der Waals surface area contributed by atoms with E-state index in [4.69, 9.17) is 4.74 Å². The third-order valence-corrected chi connectivity index (χ3v) is 4.52. The Hall–Kier alpha value is -1.60. The number of ether oxygens (including phenoxy) is 1. The quantitative estimate of drug-likeness (QED) is 0.799. The third kappa shape index (κ3) is 4.44. The van der Waals surface area contributed by atoms with E-state index in [-0.39, 0.29) is 28.2 Å². The predicted molar refractivity (Wildman–Crippen MR) is 81.1 cm³/mol. The van der Waals surface area contributed by atoms with Crippen LogP contribution in [-0.2, 0) is 10.0 Å². The van der Waals surface area contributed by atoms with Gasteiger partial charge in [-0.15, -0.1) is 0 Å². The largest absolute Gasteiger partial charge is 0.495 e. The summed E-state index contributed by atoms with van der Waals surface area (Å²) in [7, 11) is -0.998. The van der Waals surface area contributed by atoms with Crippen molar-refractivity contribution in [3.05, 3.63) is 23.8 Å². The number of benzene rings is 1. The summed E-state index contributed by atoms with van der Waals surface area (Å²) < 4.78 is 31.2. The van der Waals surface area contributed by atoms with Crippen molar-refractivity contribution in [3.8, 4) is 5.75 Å². The van der Waals surface area contributed by atoms with Crippen LogP contribution in [0, 0.1) is 0 Å². The Labute approximate surface area is 125 Å². The van der Waals surface area contributed by atoms with Crippen LogP contribution in [0.4, 0.5) is 0 Å². The van der Waals surface area contributed by atoms with E-state index in [0.717, 1.165) is 12.8 Å². The van der Waals surface area contributed by atoms with E-state index < -0.39 is 10.0 Å². The molecule has 0 aliphatic heterocycles. The van der Waals surface area contributed by atoms with Gasteiger partial charge in [0.25, 0.3) is 5.91 Å². The summed E-state index contributed by atoms with van der Waals surface area (Å²) in [5.74, 6) is -0.103. The van der Waals surface area contributed by atoms with Gasteiger partial charge in [-0.1, -0.05) is 13.3 Å². The van der Waals surface area contributed by atoms with Gasteiger partial charge < -0.3 is 10.1 Å². The monoisotopic (exact) mass is 314 g/mol. The lowest BCUT2D eigenvalue weighted by atomic mass is 10.1. The average Bonchev–Trinajstić information content (AvgIpc) is 2.46. The summed E-state index contributed by atoms with van der Waals surface area (Å²) in [5.41, 5.74) is 0.285. The average molecular weight is 314 g/mol. The zero-order chi connectivity index (χ0) is 16.0. The molecule has 0 heterocycles. The maximum Gasteiger partial charge on any atom is 0.251 e. The first-order valence-electron chi connectivity index (χ1n) is 6.78. The van der Waals surface area contributed by atoms with Gasteiger partial charge in [0.1, 0.15) is 10.6 Å². The molecule has 0 aliphatic carbocycles. The highest BCUT2D eigenvalue weighted by molar-refractivity contribution is 7.89. The molecule has 6 nitrogen and oxygen atoms in total. The fourth-order valence-corrected chi connectivity index (χ4v) is 2.87. The van der Waals surface area contributed by atoms with Crippen LogP contribution in [0.1, 0.15) is 37.0 Å². The van der Waals surface area contributed by atoms with E-state index in [0.29, 0.717) is 0 Å². The molecule has 1 aromatic rings. The van der Waals surface area contributed by atoms with Crippen molar-refractivity contribution in [1.82, 2.24) is 10.0 Å². The molecule has 0 saturated heterocycles. The lowest BCUT2D eigenvalue weighted by Gasteiger charge is -2.14. The molecule has 0 saturated carbocycles. The Morgan fingerprint density at radius 1 is 1.38 bits per heavy atom. The number of sulfonamides is 1. The second kappa shape index (κ2) is 7.42. The minimum absolute atomic E-state index is 0.0361. The molecule has 0 fully saturated rings. The molecular formula is C14H22N2O4S. The summed E-state index contributed by atoms with van der Waals surface area (Å²) in [6.07, 6.45) is 1.83. The highest BCUT2D eigenvalue weighted by Gasteiger charge is 2.20.